The number of halogens is 5. The Morgan fingerprint density at radius 3 is 2.65 bits per heavy atom. The fourth-order valence-corrected chi connectivity index (χ4v) is 2.18. The van der Waals surface area contributed by atoms with Gasteiger partial charge in [0, 0.05) is 12.3 Å². The van der Waals surface area contributed by atoms with Crippen LogP contribution in [0.25, 0.3) is 11.0 Å². The number of hydrogen-bond donors (Lipinski definition) is 0. The van der Waals surface area contributed by atoms with Crippen molar-refractivity contribution in [2.45, 2.75) is 32.2 Å². The van der Waals surface area contributed by atoms with Gasteiger partial charge in [-0.25, -0.2) is 13.8 Å². The van der Waals surface area contributed by atoms with Crippen molar-refractivity contribution in [1.29, 1.82) is 0 Å². The van der Waals surface area contributed by atoms with Crippen LogP contribution in [0, 0.1) is 6.92 Å². The SMILES string of the molecule is Cc1ccc2nc(CCCl)n(CC(F)(F)C(F)F)c2c1. The van der Waals surface area contributed by atoms with Gasteiger partial charge in [0.05, 0.1) is 17.6 Å². The maximum absolute atomic E-state index is 13.3. The lowest BCUT2D eigenvalue weighted by molar-refractivity contribution is -0.137. The first kappa shape index (κ1) is 15.1. The molecule has 2 nitrogen and oxygen atoms in total. The highest BCUT2D eigenvalue weighted by Gasteiger charge is 2.41. The van der Waals surface area contributed by atoms with Crippen LogP contribution in [0.4, 0.5) is 17.6 Å². The summed E-state index contributed by atoms with van der Waals surface area (Å²) < 4.78 is 52.6. The van der Waals surface area contributed by atoms with Crippen molar-refractivity contribution < 1.29 is 17.6 Å². The van der Waals surface area contributed by atoms with Crippen LogP contribution in [0.15, 0.2) is 18.2 Å². The molecule has 0 spiro atoms. The number of alkyl halides is 5. The minimum Gasteiger partial charge on any atom is -0.322 e. The van der Waals surface area contributed by atoms with Gasteiger partial charge in [0.25, 0.3) is 0 Å². The molecule has 0 saturated heterocycles. The van der Waals surface area contributed by atoms with Crippen LogP contribution in [0.1, 0.15) is 11.4 Å². The number of benzene rings is 1. The van der Waals surface area contributed by atoms with Gasteiger partial charge in [-0.2, -0.15) is 8.78 Å². The van der Waals surface area contributed by atoms with E-state index in [1.165, 1.54) is 0 Å². The van der Waals surface area contributed by atoms with Crippen molar-refractivity contribution in [3.8, 4) is 0 Å². The van der Waals surface area contributed by atoms with E-state index in [0.29, 0.717) is 16.9 Å². The second-order valence-electron chi connectivity index (χ2n) is 4.61. The van der Waals surface area contributed by atoms with E-state index < -0.39 is 18.9 Å². The van der Waals surface area contributed by atoms with Crippen LogP contribution in [0.3, 0.4) is 0 Å². The minimum absolute atomic E-state index is 0.183. The van der Waals surface area contributed by atoms with E-state index >= 15 is 0 Å². The van der Waals surface area contributed by atoms with Gasteiger partial charge in [0.15, 0.2) is 0 Å². The number of fused-ring (bicyclic) bond motifs is 1. The zero-order chi connectivity index (χ0) is 14.9. The molecule has 0 aliphatic carbocycles. The molecule has 2 rings (SSSR count). The molecule has 0 aliphatic rings. The van der Waals surface area contributed by atoms with Gasteiger partial charge in [0.2, 0.25) is 0 Å². The van der Waals surface area contributed by atoms with Crippen LogP contribution in [0.2, 0.25) is 0 Å². The molecule has 1 aromatic heterocycles. The summed E-state index contributed by atoms with van der Waals surface area (Å²) in [6, 6.07) is 5.12. The first-order valence-corrected chi connectivity index (χ1v) is 6.56. The van der Waals surface area contributed by atoms with E-state index in [-0.39, 0.29) is 12.3 Å². The number of imidazole rings is 1. The van der Waals surface area contributed by atoms with Crippen LogP contribution in [-0.4, -0.2) is 27.8 Å². The number of aryl methyl sites for hydroxylation is 2. The molecule has 0 atom stereocenters. The molecular formula is C13H13ClF4N2. The quantitative estimate of drug-likeness (QED) is 0.602. The molecular weight excluding hydrogens is 296 g/mol. The largest absolute Gasteiger partial charge is 0.324 e. The highest BCUT2D eigenvalue weighted by atomic mass is 35.5. The zero-order valence-corrected chi connectivity index (χ0v) is 11.5. The van der Waals surface area contributed by atoms with Crippen molar-refractivity contribution in [3.63, 3.8) is 0 Å². The second kappa shape index (κ2) is 5.60. The van der Waals surface area contributed by atoms with Gasteiger partial charge in [-0.05, 0) is 24.6 Å². The fraction of sp³-hybridized carbons (Fsp3) is 0.462. The van der Waals surface area contributed by atoms with E-state index in [2.05, 4.69) is 4.98 Å². The highest BCUT2D eigenvalue weighted by Crippen LogP contribution is 2.28. The van der Waals surface area contributed by atoms with Crippen LogP contribution in [-0.2, 0) is 13.0 Å². The molecule has 0 saturated carbocycles. The summed E-state index contributed by atoms with van der Waals surface area (Å²) in [6.45, 7) is 0.695. The summed E-state index contributed by atoms with van der Waals surface area (Å²) in [7, 11) is 0. The lowest BCUT2D eigenvalue weighted by Crippen LogP contribution is -2.32. The van der Waals surface area contributed by atoms with E-state index in [0.717, 1.165) is 10.1 Å². The van der Waals surface area contributed by atoms with Crippen LogP contribution in [0.5, 0.6) is 0 Å². The molecule has 20 heavy (non-hydrogen) atoms. The first-order chi connectivity index (χ1) is 9.35. The zero-order valence-electron chi connectivity index (χ0n) is 10.7. The van der Waals surface area contributed by atoms with Gasteiger partial charge in [-0.3, -0.25) is 0 Å². The van der Waals surface area contributed by atoms with E-state index in [4.69, 9.17) is 11.6 Å². The van der Waals surface area contributed by atoms with Crippen molar-refractivity contribution in [3.05, 3.63) is 29.6 Å². The molecule has 7 heteroatoms. The Morgan fingerprint density at radius 1 is 1.35 bits per heavy atom. The van der Waals surface area contributed by atoms with E-state index in [1.54, 1.807) is 25.1 Å². The molecule has 110 valence electrons. The van der Waals surface area contributed by atoms with Crippen molar-refractivity contribution in [2.75, 3.05) is 5.88 Å². The predicted octanol–water partition coefficient (Wildman–Crippen LogP) is 4.03. The van der Waals surface area contributed by atoms with Crippen molar-refractivity contribution >= 4 is 22.6 Å². The standard InChI is InChI=1S/C13H13ClF4N2/c1-8-2-3-9-10(6-8)20(11(19-9)4-5-14)7-13(17,18)12(15)16/h2-3,6,12H,4-5,7H2,1H3. The Hall–Kier alpha value is -1.30. The highest BCUT2D eigenvalue weighted by molar-refractivity contribution is 6.17. The number of aromatic nitrogens is 2. The number of nitrogens with zero attached hydrogens (tertiary/aromatic N) is 2. The summed E-state index contributed by atoms with van der Waals surface area (Å²) in [6.07, 6.45) is -3.47. The van der Waals surface area contributed by atoms with Crippen LogP contribution < -0.4 is 0 Å². The second-order valence-corrected chi connectivity index (χ2v) is 4.99. The molecule has 1 heterocycles. The summed E-state index contributed by atoms with van der Waals surface area (Å²) in [5.74, 6) is -3.62. The molecule has 0 unspecified atom stereocenters. The maximum Gasteiger partial charge on any atom is 0.324 e. The average Bonchev–Trinajstić information content (AvgIpc) is 2.67. The van der Waals surface area contributed by atoms with E-state index in [1.807, 2.05) is 0 Å². The maximum atomic E-state index is 13.3. The third-order valence-corrected chi connectivity index (χ3v) is 3.18. The number of rotatable bonds is 5. The Kier molecular flexibility index (Phi) is 4.22. The molecule has 0 amide bonds. The monoisotopic (exact) mass is 308 g/mol. The van der Waals surface area contributed by atoms with Gasteiger partial charge in [0.1, 0.15) is 5.82 Å². The normalized spacial score (nSPS) is 12.6. The predicted molar refractivity (Wildman–Crippen MR) is 69.8 cm³/mol. The molecule has 0 bridgehead atoms. The Labute approximate surface area is 118 Å². The summed E-state index contributed by atoms with van der Waals surface area (Å²) >= 11 is 5.61. The molecule has 2 aromatic rings. The first-order valence-electron chi connectivity index (χ1n) is 6.03. The lowest BCUT2D eigenvalue weighted by atomic mass is 10.2. The van der Waals surface area contributed by atoms with Gasteiger partial charge in [-0.1, -0.05) is 6.07 Å². The van der Waals surface area contributed by atoms with Gasteiger partial charge in [-0.15, -0.1) is 11.6 Å². The topological polar surface area (TPSA) is 17.8 Å². The minimum atomic E-state index is -4.10. The summed E-state index contributed by atoms with van der Waals surface area (Å²) in [5.41, 5.74) is 1.77. The summed E-state index contributed by atoms with van der Waals surface area (Å²) in [5, 5.41) is 0. The summed E-state index contributed by atoms with van der Waals surface area (Å²) in [4.78, 5) is 4.19. The molecule has 0 aliphatic heterocycles. The van der Waals surface area contributed by atoms with Crippen molar-refractivity contribution in [2.24, 2.45) is 0 Å². The van der Waals surface area contributed by atoms with Gasteiger partial charge >= 0.3 is 12.3 Å². The molecule has 0 N–H and O–H groups in total. The molecule has 0 radical (unpaired) electrons. The van der Waals surface area contributed by atoms with Crippen molar-refractivity contribution in [1.82, 2.24) is 9.55 Å². The smallest absolute Gasteiger partial charge is 0.322 e. The van der Waals surface area contributed by atoms with Gasteiger partial charge < -0.3 is 4.57 Å². The third kappa shape index (κ3) is 2.90. The Bertz CT molecular complexity index is 610. The van der Waals surface area contributed by atoms with Crippen LogP contribution >= 0.6 is 11.6 Å². The molecule has 1 aromatic carbocycles. The average molecular weight is 309 g/mol. The fourth-order valence-electron chi connectivity index (χ4n) is 2.01. The Morgan fingerprint density at radius 2 is 2.05 bits per heavy atom. The number of hydrogen-bond acceptors (Lipinski definition) is 1. The van der Waals surface area contributed by atoms with E-state index in [9.17, 15) is 17.6 Å². The molecule has 0 fully saturated rings. The third-order valence-electron chi connectivity index (χ3n) is 2.99. The Balaban J connectivity index is 2.53. The lowest BCUT2D eigenvalue weighted by Gasteiger charge is -2.18.